The van der Waals surface area contributed by atoms with Crippen molar-refractivity contribution in [2.24, 2.45) is 5.92 Å². The highest BCUT2D eigenvalue weighted by Crippen LogP contribution is 2.33. The smallest absolute Gasteiger partial charge is 0.160 e. The number of carbonyl (C=O) groups is 1. The summed E-state index contributed by atoms with van der Waals surface area (Å²) in [6.45, 7) is 0. The van der Waals surface area contributed by atoms with Gasteiger partial charge in [-0.3, -0.25) is 4.79 Å². The molecule has 2 fully saturated rings. The minimum atomic E-state index is -3.32. The van der Waals surface area contributed by atoms with Gasteiger partial charge < -0.3 is 0 Å². The van der Waals surface area contributed by atoms with E-state index in [0.717, 1.165) is 6.42 Å². The number of hydrogen-bond acceptors (Lipinski definition) is 5. The van der Waals surface area contributed by atoms with E-state index in [0.29, 0.717) is 38.5 Å². The molecule has 0 aromatic heterocycles. The van der Waals surface area contributed by atoms with Gasteiger partial charge in [0.25, 0.3) is 0 Å². The summed E-state index contributed by atoms with van der Waals surface area (Å²) in [5.74, 6) is -0.551. The molecule has 3 atom stereocenters. The van der Waals surface area contributed by atoms with E-state index in [9.17, 15) is 21.6 Å². The zero-order valence-electron chi connectivity index (χ0n) is 11.7. The van der Waals surface area contributed by atoms with Crippen molar-refractivity contribution < 1.29 is 21.6 Å². The van der Waals surface area contributed by atoms with Crippen molar-refractivity contribution in [2.75, 3.05) is 12.0 Å². The van der Waals surface area contributed by atoms with Crippen molar-refractivity contribution in [2.45, 2.75) is 55.4 Å². The summed E-state index contributed by atoms with van der Waals surface area (Å²) < 4.78 is 47.3. The van der Waals surface area contributed by atoms with Crippen LogP contribution in [0.25, 0.3) is 0 Å². The molecule has 0 bridgehead atoms. The van der Waals surface area contributed by atoms with Gasteiger partial charge in [0.2, 0.25) is 0 Å². The summed E-state index contributed by atoms with van der Waals surface area (Å²) in [6, 6.07) is 0. The van der Waals surface area contributed by atoms with Gasteiger partial charge in [-0.25, -0.2) is 16.8 Å². The highest BCUT2D eigenvalue weighted by molar-refractivity contribution is 7.92. The third-order valence-electron chi connectivity index (χ3n) is 4.53. The highest BCUT2D eigenvalue weighted by atomic mass is 32.2. The summed E-state index contributed by atoms with van der Waals surface area (Å²) in [7, 11) is -6.48. The van der Waals surface area contributed by atoms with Crippen LogP contribution in [0.5, 0.6) is 0 Å². The van der Waals surface area contributed by atoms with E-state index in [1.807, 2.05) is 0 Å². The molecule has 0 radical (unpaired) electrons. The predicted molar refractivity (Wildman–Crippen MR) is 77.0 cm³/mol. The Morgan fingerprint density at radius 1 is 1.05 bits per heavy atom. The fraction of sp³-hybridized carbons (Fsp3) is 0.923. The molecule has 3 unspecified atom stereocenters. The maximum Gasteiger partial charge on any atom is 0.160 e. The van der Waals surface area contributed by atoms with Crippen molar-refractivity contribution in [3.05, 3.63) is 0 Å². The molecule has 2 rings (SSSR count). The second kappa shape index (κ2) is 5.75. The van der Waals surface area contributed by atoms with E-state index < -0.39 is 36.1 Å². The van der Waals surface area contributed by atoms with Crippen LogP contribution < -0.4 is 0 Å². The van der Waals surface area contributed by atoms with Gasteiger partial charge >= 0.3 is 0 Å². The van der Waals surface area contributed by atoms with Crippen LogP contribution in [0.1, 0.15) is 44.9 Å². The summed E-state index contributed by atoms with van der Waals surface area (Å²) in [4.78, 5) is 12.5. The van der Waals surface area contributed by atoms with E-state index in [-0.39, 0.29) is 11.5 Å². The van der Waals surface area contributed by atoms with Crippen molar-refractivity contribution >= 4 is 25.5 Å². The first-order chi connectivity index (χ1) is 9.22. The number of Topliss-reactive ketones (excluding diaryl/α,β-unsaturated/α-hetero) is 1. The van der Waals surface area contributed by atoms with E-state index in [2.05, 4.69) is 0 Å². The first kappa shape index (κ1) is 15.9. The first-order valence-electron chi connectivity index (χ1n) is 7.16. The zero-order valence-corrected chi connectivity index (χ0v) is 13.4. The Morgan fingerprint density at radius 2 is 1.75 bits per heavy atom. The Labute approximate surface area is 121 Å². The molecule has 1 saturated heterocycles. The van der Waals surface area contributed by atoms with E-state index in [4.69, 9.17) is 0 Å². The summed E-state index contributed by atoms with van der Waals surface area (Å²) in [6.07, 6.45) is 5.17. The van der Waals surface area contributed by atoms with Gasteiger partial charge in [0.05, 0.1) is 11.0 Å². The number of sulfone groups is 2. The highest BCUT2D eigenvalue weighted by Gasteiger charge is 2.41. The van der Waals surface area contributed by atoms with Crippen molar-refractivity contribution in [3.8, 4) is 0 Å². The molecule has 1 aliphatic heterocycles. The normalized spacial score (nSPS) is 34.5. The van der Waals surface area contributed by atoms with Crippen molar-refractivity contribution in [3.63, 3.8) is 0 Å². The minimum absolute atomic E-state index is 0.0889. The Bertz CT molecular complexity index is 576. The van der Waals surface area contributed by atoms with Gasteiger partial charge in [-0.2, -0.15) is 0 Å². The van der Waals surface area contributed by atoms with Gasteiger partial charge in [-0.05, 0) is 32.1 Å². The van der Waals surface area contributed by atoms with Crippen LogP contribution in [0.3, 0.4) is 0 Å². The molecule has 0 amide bonds. The number of carbonyl (C=O) groups excluding carboxylic acids is 1. The minimum Gasteiger partial charge on any atom is -0.298 e. The largest absolute Gasteiger partial charge is 0.298 e. The van der Waals surface area contributed by atoms with Crippen LogP contribution in [0.15, 0.2) is 0 Å². The maximum atomic E-state index is 12.5. The molecule has 20 heavy (non-hydrogen) atoms. The number of ketones is 1. The molecule has 1 aliphatic carbocycles. The lowest BCUT2D eigenvalue weighted by Gasteiger charge is -2.30. The van der Waals surface area contributed by atoms with Crippen LogP contribution in [0.2, 0.25) is 0 Å². The molecular weight excluding hydrogens is 300 g/mol. The van der Waals surface area contributed by atoms with E-state index in [1.165, 1.54) is 6.26 Å². The summed E-state index contributed by atoms with van der Waals surface area (Å²) in [5.41, 5.74) is 0. The van der Waals surface area contributed by atoms with Crippen LogP contribution in [-0.4, -0.2) is 45.1 Å². The van der Waals surface area contributed by atoms with Crippen LogP contribution in [-0.2, 0) is 24.5 Å². The second-order valence-corrected chi connectivity index (χ2v) is 10.7. The molecule has 7 heteroatoms. The van der Waals surface area contributed by atoms with Crippen LogP contribution in [0, 0.1) is 5.92 Å². The molecule has 116 valence electrons. The van der Waals surface area contributed by atoms with Gasteiger partial charge in [0.15, 0.2) is 15.6 Å². The summed E-state index contributed by atoms with van der Waals surface area (Å²) >= 11 is 0. The standard InChI is InChI=1S/C13H22O5S2/c1-19(15,16)11-6-4-5-10(9-11)13(14)12-7-2-3-8-20(12,17)18/h10-12H,2-9H2,1H3. The fourth-order valence-corrected chi connectivity index (χ4v) is 6.47. The van der Waals surface area contributed by atoms with Gasteiger partial charge in [-0.1, -0.05) is 12.8 Å². The zero-order chi connectivity index (χ0) is 15.0. The average Bonchev–Trinajstić information content (AvgIpc) is 2.37. The first-order valence-corrected chi connectivity index (χ1v) is 10.8. The predicted octanol–water partition coefficient (Wildman–Crippen LogP) is 1.13. The van der Waals surface area contributed by atoms with Gasteiger partial charge in [0.1, 0.15) is 15.1 Å². The number of rotatable bonds is 3. The third-order valence-corrected chi connectivity index (χ3v) is 8.36. The molecule has 2 aliphatic rings. The molecule has 1 heterocycles. The van der Waals surface area contributed by atoms with E-state index in [1.54, 1.807) is 0 Å². The number of hydrogen-bond donors (Lipinski definition) is 0. The SMILES string of the molecule is CS(=O)(=O)C1CCCC(C(=O)C2CCCCS2(=O)=O)C1. The second-order valence-electron chi connectivity index (χ2n) is 6.07. The Kier molecular flexibility index (Phi) is 4.59. The lowest BCUT2D eigenvalue weighted by Crippen LogP contribution is -2.41. The van der Waals surface area contributed by atoms with Gasteiger partial charge in [-0.15, -0.1) is 0 Å². The van der Waals surface area contributed by atoms with E-state index >= 15 is 0 Å². The lowest BCUT2D eigenvalue weighted by molar-refractivity contribution is -0.123. The summed E-state index contributed by atoms with van der Waals surface area (Å²) in [5, 5.41) is -1.38. The van der Waals surface area contributed by atoms with Crippen LogP contribution in [0.4, 0.5) is 0 Å². The Balaban J connectivity index is 2.13. The van der Waals surface area contributed by atoms with Gasteiger partial charge in [0, 0.05) is 12.2 Å². The molecule has 0 aromatic rings. The quantitative estimate of drug-likeness (QED) is 0.777. The Morgan fingerprint density at radius 3 is 2.35 bits per heavy atom. The monoisotopic (exact) mass is 322 g/mol. The topological polar surface area (TPSA) is 85.3 Å². The Hall–Kier alpha value is -0.430. The molecular formula is C13H22O5S2. The molecule has 0 N–H and O–H groups in total. The van der Waals surface area contributed by atoms with Crippen LogP contribution >= 0.6 is 0 Å². The average molecular weight is 322 g/mol. The molecule has 0 aromatic carbocycles. The third kappa shape index (κ3) is 3.42. The lowest BCUT2D eigenvalue weighted by atomic mass is 9.84. The van der Waals surface area contributed by atoms with Crippen molar-refractivity contribution in [1.82, 2.24) is 0 Å². The molecule has 5 nitrogen and oxygen atoms in total. The molecule has 1 saturated carbocycles. The molecule has 0 spiro atoms. The van der Waals surface area contributed by atoms with Crippen molar-refractivity contribution in [1.29, 1.82) is 0 Å². The fourth-order valence-electron chi connectivity index (χ4n) is 3.33. The maximum absolute atomic E-state index is 12.5.